The summed E-state index contributed by atoms with van der Waals surface area (Å²) in [4.78, 5) is 20.1. The van der Waals surface area contributed by atoms with Gasteiger partial charge in [-0.25, -0.2) is 16.8 Å². The van der Waals surface area contributed by atoms with E-state index in [0.717, 1.165) is 0 Å². The number of aromatic hydroxyl groups is 4. The third-order valence-corrected chi connectivity index (χ3v) is 6.69. The van der Waals surface area contributed by atoms with Gasteiger partial charge in [0.15, 0.2) is 11.6 Å². The molecule has 2 aromatic rings. The number of phenols is 4. The summed E-state index contributed by atoms with van der Waals surface area (Å²) < 4.78 is 68.1. The molecule has 0 heterocycles. The highest BCUT2D eigenvalue weighted by molar-refractivity contribution is 7.86. The molecule has 16 heteroatoms. The molecule has 0 atom stereocenters. The Hall–Kier alpha value is -2.76. The third-order valence-electron chi connectivity index (χ3n) is 4.13. The number of rotatable bonds is 2. The van der Waals surface area contributed by atoms with E-state index in [9.17, 15) is 56.0 Å². The Balaban J connectivity index is 2.59. The van der Waals surface area contributed by atoms with Gasteiger partial charge in [0.25, 0.3) is 0 Å². The lowest BCUT2D eigenvalue weighted by atomic mass is 9.82. The first kappa shape index (κ1) is 21.9. The fraction of sp³-hybridized carbons (Fsp3) is 0. The Bertz CT molecular complexity index is 1310. The van der Waals surface area contributed by atoms with Crippen LogP contribution in [0.15, 0.2) is 19.6 Å². The molecule has 0 radical (unpaired) electrons. The number of carbonyl (C=O) groups is 2. The molecule has 0 aliphatic heterocycles. The highest BCUT2D eigenvalue weighted by Gasteiger charge is 2.40. The first-order valence-electron chi connectivity index (χ1n) is 7.12. The van der Waals surface area contributed by atoms with Gasteiger partial charge < -0.3 is 54.8 Å². The van der Waals surface area contributed by atoms with Gasteiger partial charge in [-0.15, -0.1) is 9.79 Å². The smallest absolute Gasteiger partial charge is 0.197 e. The lowest BCUT2D eigenvalue weighted by Gasteiger charge is -2.31. The predicted molar refractivity (Wildman–Crippen MR) is 93.6 cm³/mol. The second kappa shape index (κ2) is 6.37. The maximum absolute atomic E-state index is 12.8. The Morgan fingerprint density at radius 2 is 0.833 bits per heavy atom. The Labute approximate surface area is 177 Å². The highest BCUT2D eigenvalue weighted by atomic mass is 32.2. The van der Waals surface area contributed by atoms with E-state index in [4.69, 9.17) is 0 Å². The first-order chi connectivity index (χ1) is 13.5. The maximum atomic E-state index is 12.8. The lowest BCUT2D eigenvalue weighted by Crippen LogP contribution is -2.25. The first-order valence-corrected chi connectivity index (χ1v) is 10.8. The second-order valence-electron chi connectivity index (χ2n) is 5.78. The van der Waals surface area contributed by atoms with E-state index in [0.29, 0.717) is 0 Å². The zero-order chi connectivity index (χ0) is 23.1. The van der Waals surface area contributed by atoms with Gasteiger partial charge in [-0.2, -0.15) is 0 Å². The van der Waals surface area contributed by atoms with Crippen molar-refractivity contribution in [3.8, 4) is 23.0 Å². The Kier molecular flexibility index (Phi) is 4.66. The van der Waals surface area contributed by atoms with Gasteiger partial charge in [0.2, 0.25) is 0 Å². The zero-order valence-electron chi connectivity index (χ0n) is 13.7. The van der Waals surface area contributed by atoms with Crippen molar-refractivity contribution in [1.29, 1.82) is 0 Å². The molecular weight excluding hydrogens is 488 g/mol. The van der Waals surface area contributed by atoms with Crippen molar-refractivity contribution >= 4 is 57.1 Å². The SMILES string of the molecule is O=C1c2c(O)c(S(=O)(=O)[O-])c(O)c([S-])c2C(=O)c2c(O)c(S(=O)(=O)[O-])c(O)c([S-])c21. The van der Waals surface area contributed by atoms with Crippen LogP contribution in [-0.4, -0.2) is 57.9 Å². The van der Waals surface area contributed by atoms with Gasteiger partial charge in [-0.3, -0.25) is 9.59 Å². The van der Waals surface area contributed by atoms with E-state index in [1.807, 2.05) is 0 Å². The molecule has 0 fully saturated rings. The molecule has 0 unspecified atom stereocenters. The molecule has 160 valence electrons. The quantitative estimate of drug-likeness (QED) is 0.246. The van der Waals surface area contributed by atoms with Crippen LogP contribution in [0.25, 0.3) is 0 Å². The van der Waals surface area contributed by atoms with E-state index < -0.39 is 96.6 Å². The summed E-state index contributed by atoms with van der Waals surface area (Å²) in [6.07, 6.45) is 0. The summed E-state index contributed by atoms with van der Waals surface area (Å²) in [5.74, 6) is -9.48. The Morgan fingerprint density at radius 1 is 0.567 bits per heavy atom. The number of fused-ring (bicyclic) bond motifs is 2. The summed E-state index contributed by atoms with van der Waals surface area (Å²) in [5.41, 5.74) is -4.50. The van der Waals surface area contributed by atoms with Crippen molar-refractivity contribution in [2.75, 3.05) is 0 Å². The molecule has 0 bridgehead atoms. The van der Waals surface area contributed by atoms with Crippen LogP contribution >= 0.6 is 0 Å². The molecule has 30 heavy (non-hydrogen) atoms. The van der Waals surface area contributed by atoms with E-state index in [2.05, 4.69) is 25.3 Å². The summed E-state index contributed by atoms with van der Waals surface area (Å²) in [7, 11) is -11.2. The average Bonchev–Trinajstić information content (AvgIpc) is 2.56. The summed E-state index contributed by atoms with van der Waals surface area (Å²) >= 11 is 9.38. The van der Waals surface area contributed by atoms with Crippen LogP contribution in [0.5, 0.6) is 23.0 Å². The van der Waals surface area contributed by atoms with Crippen molar-refractivity contribution in [1.82, 2.24) is 0 Å². The van der Waals surface area contributed by atoms with Gasteiger partial charge >= 0.3 is 0 Å². The highest BCUT2D eigenvalue weighted by Crippen LogP contribution is 2.49. The molecule has 1 aliphatic carbocycles. The van der Waals surface area contributed by atoms with Gasteiger partial charge in [0, 0.05) is 11.1 Å². The van der Waals surface area contributed by atoms with E-state index in [1.165, 1.54) is 0 Å². The van der Waals surface area contributed by atoms with E-state index in [1.54, 1.807) is 0 Å². The monoisotopic (exact) mass is 492 g/mol. The van der Waals surface area contributed by atoms with Crippen LogP contribution in [-0.2, 0) is 45.5 Å². The number of hydrogen-bond acceptors (Lipinski definition) is 14. The van der Waals surface area contributed by atoms with Crippen LogP contribution in [0.4, 0.5) is 0 Å². The fourth-order valence-corrected chi connectivity index (χ4v) is 5.04. The van der Waals surface area contributed by atoms with Crippen LogP contribution in [0, 0.1) is 0 Å². The molecule has 0 amide bonds. The van der Waals surface area contributed by atoms with Crippen molar-refractivity contribution in [3.63, 3.8) is 0 Å². The molecule has 0 aromatic heterocycles. The molecule has 3 rings (SSSR count). The third kappa shape index (κ3) is 2.76. The summed E-state index contributed by atoms with van der Waals surface area (Å²) in [6.45, 7) is 0. The van der Waals surface area contributed by atoms with Crippen molar-refractivity contribution in [2.24, 2.45) is 0 Å². The second-order valence-corrected chi connectivity index (χ2v) is 9.23. The topological polar surface area (TPSA) is 229 Å². The van der Waals surface area contributed by atoms with Gasteiger partial charge in [-0.1, -0.05) is 0 Å². The average molecular weight is 492 g/mol. The number of hydrogen-bond donors (Lipinski definition) is 4. The van der Waals surface area contributed by atoms with E-state index in [-0.39, 0.29) is 0 Å². The minimum atomic E-state index is -5.62. The molecule has 4 N–H and O–H groups in total. The number of ketones is 2. The molecule has 0 spiro atoms. The van der Waals surface area contributed by atoms with Gasteiger partial charge in [0.1, 0.15) is 53.0 Å². The molecular formula is C14H4O12S4-4. The minimum Gasteiger partial charge on any atom is -0.775 e. The number of carbonyl (C=O) groups excluding carboxylic acids is 2. The number of benzene rings is 2. The molecule has 2 aromatic carbocycles. The van der Waals surface area contributed by atoms with E-state index >= 15 is 0 Å². The van der Waals surface area contributed by atoms with Gasteiger partial charge in [-0.05, 0) is 0 Å². The minimum absolute atomic E-state index is 1.06. The standard InChI is InChI=1S/C14H8O12S4/c15-5-1-3(11(27)9(19)13(7(1)17)29(21,22)23)6(16)2-4(5)12(28)10(20)14(8(2)18)30(24,25)26/h17-20,27-28H,(H,21,22,23)(H,24,25,26)/p-4. The van der Waals surface area contributed by atoms with Crippen LogP contribution < -0.4 is 0 Å². The normalized spacial score (nSPS) is 13.8. The summed E-state index contributed by atoms with van der Waals surface area (Å²) in [5, 5.41) is 40.1. The summed E-state index contributed by atoms with van der Waals surface area (Å²) in [6, 6.07) is 0. The van der Waals surface area contributed by atoms with Crippen LogP contribution in [0.1, 0.15) is 31.8 Å². The largest absolute Gasteiger partial charge is 0.775 e. The van der Waals surface area contributed by atoms with Crippen molar-refractivity contribution < 1.29 is 56.0 Å². The van der Waals surface area contributed by atoms with Crippen LogP contribution in [0.2, 0.25) is 0 Å². The fourth-order valence-electron chi connectivity index (χ4n) is 2.96. The molecule has 1 aliphatic rings. The molecule has 0 saturated heterocycles. The number of phenolic OH excluding ortho intramolecular Hbond substituents is 4. The van der Waals surface area contributed by atoms with Crippen LogP contribution in [0.3, 0.4) is 0 Å². The predicted octanol–water partition coefficient (Wildman–Crippen LogP) is -1.10. The molecule has 12 nitrogen and oxygen atoms in total. The van der Waals surface area contributed by atoms with Crippen molar-refractivity contribution in [3.05, 3.63) is 22.3 Å². The van der Waals surface area contributed by atoms with Gasteiger partial charge in [0.05, 0.1) is 11.1 Å². The molecule has 0 saturated carbocycles. The lowest BCUT2D eigenvalue weighted by molar-refractivity contribution is 0.0967. The van der Waals surface area contributed by atoms with Crippen molar-refractivity contribution in [2.45, 2.75) is 19.6 Å². The zero-order valence-corrected chi connectivity index (χ0v) is 17.0. The Morgan fingerprint density at radius 3 is 1.07 bits per heavy atom. The maximum Gasteiger partial charge on any atom is 0.197 e.